The average molecular weight is 421 g/mol. The normalized spacial score (nSPS) is 10.6. The van der Waals surface area contributed by atoms with E-state index in [1.165, 1.54) is 12.1 Å². The summed E-state index contributed by atoms with van der Waals surface area (Å²) in [5.41, 5.74) is 5.80. The number of nitro groups is 1. The van der Waals surface area contributed by atoms with Crippen molar-refractivity contribution in [3.05, 3.63) is 93.5 Å². The van der Waals surface area contributed by atoms with E-state index in [0.717, 1.165) is 16.7 Å². The second-order valence-electron chi connectivity index (χ2n) is 6.57. The standard InChI is InChI=1S/C23H23N3O5/c1-29-22-11-8-19(13-23(22)30-2)15-25-24-14-18-4-3-5-21(12-18)31-16-17-6-9-20(10-7-17)26(27)28/h3-14,25H,15-16H2,1-2H3/b24-14-. The molecule has 0 fully saturated rings. The van der Waals surface area contributed by atoms with E-state index in [-0.39, 0.29) is 5.69 Å². The number of hydrogen-bond donors (Lipinski definition) is 1. The summed E-state index contributed by atoms with van der Waals surface area (Å²) in [4.78, 5) is 10.3. The number of nitrogens with one attached hydrogen (secondary N) is 1. The summed E-state index contributed by atoms with van der Waals surface area (Å²) in [7, 11) is 3.20. The van der Waals surface area contributed by atoms with Crippen molar-refractivity contribution in [2.24, 2.45) is 5.10 Å². The lowest BCUT2D eigenvalue weighted by atomic mass is 10.2. The van der Waals surface area contributed by atoms with E-state index in [2.05, 4.69) is 10.5 Å². The predicted molar refractivity (Wildman–Crippen MR) is 118 cm³/mol. The van der Waals surface area contributed by atoms with Crippen LogP contribution in [0.5, 0.6) is 17.2 Å². The Morgan fingerprint density at radius 1 is 0.968 bits per heavy atom. The van der Waals surface area contributed by atoms with Crippen molar-refractivity contribution in [2.75, 3.05) is 14.2 Å². The van der Waals surface area contributed by atoms with Gasteiger partial charge in [0.2, 0.25) is 0 Å². The van der Waals surface area contributed by atoms with E-state index in [9.17, 15) is 10.1 Å². The maximum atomic E-state index is 10.7. The van der Waals surface area contributed by atoms with Crippen LogP contribution in [0, 0.1) is 10.1 Å². The van der Waals surface area contributed by atoms with Crippen LogP contribution in [0.2, 0.25) is 0 Å². The maximum absolute atomic E-state index is 10.7. The molecule has 1 N–H and O–H groups in total. The average Bonchev–Trinajstić information content (AvgIpc) is 2.81. The van der Waals surface area contributed by atoms with Crippen molar-refractivity contribution in [1.29, 1.82) is 0 Å². The van der Waals surface area contributed by atoms with E-state index < -0.39 is 4.92 Å². The molecule has 0 aliphatic carbocycles. The number of nitro benzene ring substituents is 1. The third-order valence-electron chi connectivity index (χ3n) is 4.45. The van der Waals surface area contributed by atoms with Crippen LogP contribution >= 0.6 is 0 Å². The fraction of sp³-hybridized carbons (Fsp3) is 0.174. The van der Waals surface area contributed by atoms with Gasteiger partial charge in [-0.1, -0.05) is 18.2 Å². The van der Waals surface area contributed by atoms with Crippen molar-refractivity contribution in [2.45, 2.75) is 13.2 Å². The lowest BCUT2D eigenvalue weighted by Gasteiger charge is -2.09. The maximum Gasteiger partial charge on any atom is 0.269 e. The molecule has 0 aliphatic rings. The summed E-state index contributed by atoms with van der Waals surface area (Å²) in [5, 5.41) is 15.0. The molecule has 0 saturated carbocycles. The quantitative estimate of drug-likeness (QED) is 0.298. The minimum Gasteiger partial charge on any atom is -0.493 e. The molecule has 8 nitrogen and oxygen atoms in total. The molecule has 3 aromatic carbocycles. The summed E-state index contributed by atoms with van der Waals surface area (Å²) < 4.78 is 16.3. The Hall–Kier alpha value is -4.07. The van der Waals surface area contributed by atoms with Gasteiger partial charge in [0.15, 0.2) is 11.5 Å². The molecule has 160 valence electrons. The van der Waals surface area contributed by atoms with Crippen LogP contribution < -0.4 is 19.6 Å². The van der Waals surface area contributed by atoms with E-state index in [1.54, 1.807) is 32.6 Å². The number of nitrogens with zero attached hydrogens (tertiary/aromatic N) is 2. The van der Waals surface area contributed by atoms with Crippen molar-refractivity contribution in [3.8, 4) is 17.2 Å². The van der Waals surface area contributed by atoms with Gasteiger partial charge in [0.05, 0.1) is 31.9 Å². The number of ether oxygens (including phenoxy) is 3. The number of methoxy groups -OCH3 is 2. The zero-order chi connectivity index (χ0) is 22.1. The minimum atomic E-state index is -0.424. The Kier molecular flexibility index (Phi) is 7.42. The van der Waals surface area contributed by atoms with Gasteiger partial charge in [-0.05, 0) is 53.1 Å². The summed E-state index contributed by atoms with van der Waals surface area (Å²) in [6, 6.07) is 19.5. The van der Waals surface area contributed by atoms with Crippen molar-refractivity contribution < 1.29 is 19.1 Å². The number of rotatable bonds is 10. The highest BCUT2D eigenvalue weighted by Crippen LogP contribution is 2.27. The van der Waals surface area contributed by atoms with Crippen LogP contribution in [-0.2, 0) is 13.2 Å². The number of benzene rings is 3. The highest BCUT2D eigenvalue weighted by molar-refractivity contribution is 5.79. The molecule has 3 rings (SSSR count). The van der Waals surface area contributed by atoms with Crippen molar-refractivity contribution in [3.63, 3.8) is 0 Å². The third-order valence-corrected chi connectivity index (χ3v) is 4.45. The van der Waals surface area contributed by atoms with Gasteiger partial charge in [-0.3, -0.25) is 10.1 Å². The zero-order valence-electron chi connectivity index (χ0n) is 17.3. The molecule has 0 amide bonds. The first kappa shape index (κ1) is 21.6. The number of non-ortho nitro benzene ring substituents is 1. The van der Waals surface area contributed by atoms with Gasteiger partial charge in [-0.15, -0.1) is 0 Å². The molecule has 8 heteroatoms. The van der Waals surface area contributed by atoms with Gasteiger partial charge in [0.1, 0.15) is 12.4 Å². The Balaban J connectivity index is 1.53. The van der Waals surface area contributed by atoms with Crippen LogP contribution in [-0.4, -0.2) is 25.4 Å². The van der Waals surface area contributed by atoms with E-state index in [0.29, 0.717) is 30.4 Å². The number of hydrogen-bond acceptors (Lipinski definition) is 7. The Morgan fingerprint density at radius 3 is 2.42 bits per heavy atom. The largest absolute Gasteiger partial charge is 0.493 e. The molecule has 0 atom stereocenters. The van der Waals surface area contributed by atoms with Crippen LogP contribution in [0.25, 0.3) is 0 Å². The smallest absolute Gasteiger partial charge is 0.269 e. The Morgan fingerprint density at radius 2 is 1.71 bits per heavy atom. The molecule has 0 spiro atoms. The van der Waals surface area contributed by atoms with Crippen LogP contribution in [0.3, 0.4) is 0 Å². The molecular weight excluding hydrogens is 398 g/mol. The van der Waals surface area contributed by atoms with Crippen LogP contribution in [0.4, 0.5) is 5.69 Å². The first-order valence-electron chi connectivity index (χ1n) is 9.52. The summed E-state index contributed by atoms with van der Waals surface area (Å²) in [5.74, 6) is 2.03. The minimum absolute atomic E-state index is 0.0579. The van der Waals surface area contributed by atoms with Crippen molar-refractivity contribution in [1.82, 2.24) is 5.43 Å². The van der Waals surface area contributed by atoms with Crippen molar-refractivity contribution >= 4 is 11.9 Å². The summed E-state index contributed by atoms with van der Waals surface area (Å²) in [6.45, 7) is 0.851. The fourth-order valence-electron chi connectivity index (χ4n) is 2.81. The molecule has 0 saturated heterocycles. The molecule has 0 heterocycles. The fourth-order valence-corrected chi connectivity index (χ4v) is 2.81. The molecular formula is C23H23N3O5. The molecule has 31 heavy (non-hydrogen) atoms. The Labute approximate surface area is 180 Å². The molecule has 0 radical (unpaired) electrons. The van der Waals surface area contributed by atoms with Crippen LogP contribution in [0.1, 0.15) is 16.7 Å². The van der Waals surface area contributed by atoms with Gasteiger partial charge in [-0.25, -0.2) is 0 Å². The van der Waals surface area contributed by atoms with E-state index >= 15 is 0 Å². The predicted octanol–water partition coefficient (Wildman–Crippen LogP) is 4.31. The first-order valence-corrected chi connectivity index (χ1v) is 9.52. The number of hydrazone groups is 1. The SMILES string of the molecule is COc1ccc(CN/N=C\c2cccc(OCc3ccc([N+](=O)[O-])cc3)c2)cc1OC. The monoisotopic (exact) mass is 421 g/mol. The molecule has 0 aliphatic heterocycles. The third kappa shape index (κ3) is 6.20. The van der Waals surface area contributed by atoms with Gasteiger partial charge >= 0.3 is 0 Å². The molecule has 0 aromatic heterocycles. The second kappa shape index (κ2) is 10.6. The highest BCUT2D eigenvalue weighted by atomic mass is 16.6. The molecule has 3 aromatic rings. The summed E-state index contributed by atoms with van der Waals surface area (Å²) >= 11 is 0. The zero-order valence-corrected chi connectivity index (χ0v) is 17.3. The lowest BCUT2D eigenvalue weighted by molar-refractivity contribution is -0.384. The topological polar surface area (TPSA) is 95.2 Å². The molecule has 0 bridgehead atoms. The lowest BCUT2D eigenvalue weighted by Crippen LogP contribution is -2.06. The second-order valence-corrected chi connectivity index (χ2v) is 6.57. The van der Waals surface area contributed by atoms with E-state index in [1.807, 2.05) is 42.5 Å². The van der Waals surface area contributed by atoms with Gasteiger partial charge < -0.3 is 19.6 Å². The molecule has 0 unspecified atom stereocenters. The highest BCUT2D eigenvalue weighted by Gasteiger charge is 2.05. The Bertz CT molecular complexity index is 1050. The summed E-state index contributed by atoms with van der Waals surface area (Å²) in [6.07, 6.45) is 1.71. The van der Waals surface area contributed by atoms with Crippen LogP contribution in [0.15, 0.2) is 71.8 Å². The van der Waals surface area contributed by atoms with Gasteiger partial charge in [0.25, 0.3) is 5.69 Å². The van der Waals surface area contributed by atoms with Gasteiger partial charge in [0, 0.05) is 12.1 Å². The van der Waals surface area contributed by atoms with Gasteiger partial charge in [-0.2, -0.15) is 5.10 Å². The first-order chi connectivity index (χ1) is 15.1. The van der Waals surface area contributed by atoms with E-state index in [4.69, 9.17) is 14.2 Å².